The third-order valence-electron chi connectivity index (χ3n) is 2.09. The summed E-state index contributed by atoms with van der Waals surface area (Å²) in [5.74, 6) is 0. The molecule has 14 heavy (non-hydrogen) atoms. The second-order valence-electron chi connectivity index (χ2n) is 3.28. The van der Waals surface area contributed by atoms with Crippen LogP contribution in [0.5, 0.6) is 0 Å². The van der Waals surface area contributed by atoms with Crippen LogP contribution in [-0.2, 0) is 11.2 Å². The van der Waals surface area contributed by atoms with Crippen molar-refractivity contribution in [2.45, 2.75) is 19.3 Å². The van der Waals surface area contributed by atoms with Gasteiger partial charge >= 0.3 is 0 Å². The standard InChI is InChI=1S/C11H19NOS/c1-13-9-8-12-7-3-2-5-11-6-4-10-14-11/h4,6,10,12H,2-3,5,7-9H2,1H3. The molecule has 0 atom stereocenters. The molecule has 0 aliphatic rings. The number of methoxy groups -OCH3 is 1. The van der Waals surface area contributed by atoms with Crippen LogP contribution in [0.4, 0.5) is 0 Å². The summed E-state index contributed by atoms with van der Waals surface area (Å²) in [5.41, 5.74) is 0. The van der Waals surface area contributed by atoms with Gasteiger partial charge in [-0.2, -0.15) is 0 Å². The zero-order chi connectivity index (χ0) is 10.1. The summed E-state index contributed by atoms with van der Waals surface area (Å²) in [6.45, 7) is 2.88. The van der Waals surface area contributed by atoms with Crippen LogP contribution in [0.15, 0.2) is 17.5 Å². The van der Waals surface area contributed by atoms with Crippen molar-refractivity contribution in [3.8, 4) is 0 Å². The smallest absolute Gasteiger partial charge is 0.0587 e. The quantitative estimate of drug-likeness (QED) is 0.669. The van der Waals surface area contributed by atoms with E-state index in [1.165, 1.54) is 24.1 Å². The molecule has 3 heteroatoms. The highest BCUT2D eigenvalue weighted by atomic mass is 32.1. The van der Waals surface area contributed by atoms with Gasteiger partial charge in [-0.15, -0.1) is 11.3 Å². The molecule has 0 spiro atoms. The first kappa shape index (κ1) is 11.7. The predicted octanol–water partition coefficient (Wildman–Crippen LogP) is 2.31. The minimum Gasteiger partial charge on any atom is -0.383 e. The minimum atomic E-state index is 0.810. The number of hydrogen-bond acceptors (Lipinski definition) is 3. The van der Waals surface area contributed by atoms with E-state index in [0.29, 0.717) is 0 Å². The van der Waals surface area contributed by atoms with E-state index in [-0.39, 0.29) is 0 Å². The van der Waals surface area contributed by atoms with E-state index in [2.05, 4.69) is 22.8 Å². The van der Waals surface area contributed by atoms with Crippen molar-refractivity contribution in [2.75, 3.05) is 26.8 Å². The molecular weight excluding hydrogens is 194 g/mol. The van der Waals surface area contributed by atoms with Crippen molar-refractivity contribution in [2.24, 2.45) is 0 Å². The fraction of sp³-hybridized carbons (Fsp3) is 0.636. The Morgan fingerprint density at radius 2 is 2.29 bits per heavy atom. The van der Waals surface area contributed by atoms with E-state index in [1.54, 1.807) is 7.11 Å². The van der Waals surface area contributed by atoms with E-state index in [9.17, 15) is 0 Å². The number of unbranched alkanes of at least 4 members (excludes halogenated alkanes) is 1. The molecule has 1 heterocycles. The van der Waals surface area contributed by atoms with Gasteiger partial charge in [-0.05, 0) is 37.3 Å². The Kier molecular flexibility index (Phi) is 6.66. The van der Waals surface area contributed by atoms with E-state index >= 15 is 0 Å². The van der Waals surface area contributed by atoms with Gasteiger partial charge in [0, 0.05) is 18.5 Å². The lowest BCUT2D eigenvalue weighted by molar-refractivity contribution is 0.199. The Bertz CT molecular complexity index is 211. The largest absolute Gasteiger partial charge is 0.383 e. The molecule has 80 valence electrons. The molecule has 2 nitrogen and oxygen atoms in total. The summed E-state index contributed by atoms with van der Waals surface area (Å²) in [4.78, 5) is 1.50. The normalized spacial score (nSPS) is 10.6. The van der Waals surface area contributed by atoms with Gasteiger partial charge in [-0.1, -0.05) is 6.07 Å². The van der Waals surface area contributed by atoms with Crippen LogP contribution in [0, 0.1) is 0 Å². The van der Waals surface area contributed by atoms with E-state index < -0.39 is 0 Å². The molecule has 0 aliphatic carbocycles. The molecule has 0 saturated carbocycles. The van der Waals surface area contributed by atoms with Crippen LogP contribution >= 0.6 is 11.3 Å². The Morgan fingerprint density at radius 1 is 1.36 bits per heavy atom. The molecule has 1 rings (SSSR count). The first-order chi connectivity index (χ1) is 6.93. The van der Waals surface area contributed by atoms with Crippen molar-refractivity contribution >= 4 is 11.3 Å². The topological polar surface area (TPSA) is 21.3 Å². The van der Waals surface area contributed by atoms with E-state index in [4.69, 9.17) is 4.74 Å². The summed E-state index contributed by atoms with van der Waals surface area (Å²) >= 11 is 1.85. The maximum Gasteiger partial charge on any atom is 0.0587 e. The summed E-state index contributed by atoms with van der Waals surface area (Å²) in [7, 11) is 1.73. The third-order valence-corrected chi connectivity index (χ3v) is 3.03. The van der Waals surface area contributed by atoms with Crippen LogP contribution in [0.25, 0.3) is 0 Å². The van der Waals surface area contributed by atoms with Gasteiger partial charge in [0.2, 0.25) is 0 Å². The first-order valence-corrected chi connectivity index (χ1v) is 6.03. The predicted molar refractivity (Wildman–Crippen MR) is 62.0 cm³/mol. The summed E-state index contributed by atoms with van der Waals surface area (Å²) in [6.07, 6.45) is 3.76. The number of rotatable bonds is 8. The number of nitrogens with one attached hydrogen (secondary N) is 1. The lowest BCUT2D eigenvalue weighted by atomic mass is 10.2. The molecule has 1 aromatic heterocycles. The highest BCUT2D eigenvalue weighted by molar-refractivity contribution is 7.09. The molecule has 0 aromatic carbocycles. The highest BCUT2D eigenvalue weighted by Gasteiger charge is 1.93. The molecule has 0 amide bonds. The fourth-order valence-corrected chi connectivity index (χ4v) is 2.05. The number of thiophene rings is 1. The fourth-order valence-electron chi connectivity index (χ4n) is 1.30. The van der Waals surface area contributed by atoms with Gasteiger partial charge in [0.15, 0.2) is 0 Å². The average molecular weight is 213 g/mol. The van der Waals surface area contributed by atoms with Gasteiger partial charge in [0.1, 0.15) is 0 Å². The third kappa shape index (κ3) is 5.37. The Balaban J connectivity index is 1.85. The molecule has 1 aromatic rings. The summed E-state index contributed by atoms with van der Waals surface area (Å²) < 4.78 is 4.95. The van der Waals surface area contributed by atoms with Gasteiger partial charge in [-0.3, -0.25) is 0 Å². The number of aryl methyl sites for hydroxylation is 1. The monoisotopic (exact) mass is 213 g/mol. The van der Waals surface area contributed by atoms with Crippen molar-refractivity contribution in [3.05, 3.63) is 22.4 Å². The van der Waals surface area contributed by atoms with E-state index in [0.717, 1.165) is 19.7 Å². The Morgan fingerprint density at radius 3 is 3.00 bits per heavy atom. The van der Waals surface area contributed by atoms with Gasteiger partial charge < -0.3 is 10.1 Å². The van der Waals surface area contributed by atoms with E-state index in [1.807, 2.05) is 11.3 Å². The zero-order valence-corrected chi connectivity index (χ0v) is 9.61. The number of hydrogen-bond donors (Lipinski definition) is 1. The van der Waals surface area contributed by atoms with Crippen LogP contribution in [0.2, 0.25) is 0 Å². The molecule has 0 bridgehead atoms. The second-order valence-corrected chi connectivity index (χ2v) is 4.31. The van der Waals surface area contributed by atoms with Crippen LogP contribution in [0.1, 0.15) is 17.7 Å². The average Bonchev–Trinajstić information content (AvgIpc) is 2.69. The van der Waals surface area contributed by atoms with Crippen molar-refractivity contribution in [3.63, 3.8) is 0 Å². The molecular formula is C11H19NOS. The zero-order valence-electron chi connectivity index (χ0n) is 8.79. The Hall–Kier alpha value is -0.380. The minimum absolute atomic E-state index is 0.810. The van der Waals surface area contributed by atoms with Crippen molar-refractivity contribution in [1.82, 2.24) is 5.32 Å². The highest BCUT2D eigenvalue weighted by Crippen LogP contribution is 2.11. The molecule has 0 radical (unpaired) electrons. The lowest BCUT2D eigenvalue weighted by Crippen LogP contribution is -2.20. The number of ether oxygens (including phenoxy) is 1. The van der Waals surface area contributed by atoms with Gasteiger partial charge in [0.25, 0.3) is 0 Å². The molecule has 0 fully saturated rings. The van der Waals surface area contributed by atoms with Crippen LogP contribution in [0.3, 0.4) is 0 Å². The summed E-state index contributed by atoms with van der Waals surface area (Å²) in [6, 6.07) is 4.33. The SMILES string of the molecule is COCCNCCCCc1cccs1. The van der Waals surface area contributed by atoms with Gasteiger partial charge in [-0.25, -0.2) is 0 Å². The summed E-state index contributed by atoms with van der Waals surface area (Å²) in [5, 5.41) is 5.49. The first-order valence-electron chi connectivity index (χ1n) is 5.15. The maximum atomic E-state index is 4.95. The lowest BCUT2D eigenvalue weighted by Gasteiger charge is -2.02. The van der Waals surface area contributed by atoms with Gasteiger partial charge in [0.05, 0.1) is 6.61 Å². The van der Waals surface area contributed by atoms with Crippen molar-refractivity contribution < 1.29 is 4.74 Å². The molecule has 0 aliphatic heterocycles. The van der Waals surface area contributed by atoms with Crippen molar-refractivity contribution in [1.29, 1.82) is 0 Å². The maximum absolute atomic E-state index is 4.95. The second kappa shape index (κ2) is 7.97. The van der Waals surface area contributed by atoms with Crippen LogP contribution in [-0.4, -0.2) is 26.8 Å². The molecule has 0 unspecified atom stereocenters. The van der Waals surface area contributed by atoms with Crippen LogP contribution < -0.4 is 5.32 Å². The molecule has 1 N–H and O–H groups in total. The molecule has 0 saturated heterocycles. The Labute approximate surface area is 90.3 Å².